The Balaban J connectivity index is 2.16. The van der Waals surface area contributed by atoms with Crippen LogP contribution in [-0.2, 0) is 11.2 Å². The lowest BCUT2D eigenvalue weighted by Gasteiger charge is -2.15. The maximum Gasteiger partial charge on any atom is 0.326 e. The summed E-state index contributed by atoms with van der Waals surface area (Å²) in [7, 11) is 0. The van der Waals surface area contributed by atoms with Gasteiger partial charge in [-0.3, -0.25) is 4.79 Å². The van der Waals surface area contributed by atoms with Gasteiger partial charge in [-0.05, 0) is 17.7 Å². The SMILES string of the molecule is O=C(N[C@@H](Cc1ccccc1)C(=O)O)c1cccc(F)c1F. The predicted molar refractivity (Wildman–Crippen MR) is 75.4 cm³/mol. The summed E-state index contributed by atoms with van der Waals surface area (Å²) in [6.07, 6.45) is 0.0405. The molecule has 0 unspecified atom stereocenters. The number of carbonyl (C=O) groups is 2. The third kappa shape index (κ3) is 3.66. The normalized spacial score (nSPS) is 11.7. The van der Waals surface area contributed by atoms with E-state index in [1.807, 2.05) is 0 Å². The molecule has 0 saturated carbocycles. The van der Waals surface area contributed by atoms with Gasteiger partial charge in [-0.1, -0.05) is 36.4 Å². The van der Waals surface area contributed by atoms with Gasteiger partial charge < -0.3 is 10.4 Å². The number of amides is 1. The van der Waals surface area contributed by atoms with E-state index in [4.69, 9.17) is 0 Å². The van der Waals surface area contributed by atoms with Crippen molar-refractivity contribution in [1.29, 1.82) is 0 Å². The molecule has 0 saturated heterocycles. The molecule has 0 aliphatic carbocycles. The van der Waals surface area contributed by atoms with Crippen LogP contribution in [0.25, 0.3) is 0 Å². The zero-order valence-corrected chi connectivity index (χ0v) is 11.4. The molecular formula is C16H13F2NO3. The van der Waals surface area contributed by atoms with E-state index in [-0.39, 0.29) is 6.42 Å². The second-order valence-corrected chi connectivity index (χ2v) is 4.66. The summed E-state index contributed by atoms with van der Waals surface area (Å²) in [6.45, 7) is 0. The first-order valence-electron chi connectivity index (χ1n) is 6.50. The quantitative estimate of drug-likeness (QED) is 0.891. The molecule has 0 heterocycles. The maximum atomic E-state index is 13.5. The molecule has 4 nitrogen and oxygen atoms in total. The Morgan fingerprint density at radius 3 is 2.36 bits per heavy atom. The Kier molecular flexibility index (Phi) is 4.83. The summed E-state index contributed by atoms with van der Waals surface area (Å²) in [6, 6.07) is 10.6. The molecule has 1 amide bonds. The van der Waals surface area contributed by atoms with Crippen LogP contribution < -0.4 is 5.32 Å². The topological polar surface area (TPSA) is 66.4 Å². The molecule has 1 atom stereocenters. The van der Waals surface area contributed by atoms with E-state index in [2.05, 4.69) is 5.32 Å². The first-order chi connectivity index (χ1) is 10.5. The standard InChI is InChI=1S/C16H13F2NO3/c17-12-8-4-7-11(14(12)18)15(20)19-13(16(21)22)9-10-5-2-1-3-6-10/h1-8,13H,9H2,(H,19,20)(H,21,22)/t13-/m0/s1. The second kappa shape index (κ2) is 6.80. The first kappa shape index (κ1) is 15.6. The van der Waals surface area contributed by atoms with Crippen LogP contribution in [0.15, 0.2) is 48.5 Å². The highest BCUT2D eigenvalue weighted by atomic mass is 19.2. The van der Waals surface area contributed by atoms with Gasteiger partial charge in [-0.15, -0.1) is 0 Å². The number of nitrogens with one attached hydrogen (secondary N) is 1. The molecule has 0 aliphatic rings. The van der Waals surface area contributed by atoms with Crippen LogP contribution in [0.4, 0.5) is 8.78 Å². The predicted octanol–water partition coefficient (Wildman–Crippen LogP) is 2.39. The second-order valence-electron chi connectivity index (χ2n) is 4.66. The van der Waals surface area contributed by atoms with Crippen molar-refractivity contribution in [1.82, 2.24) is 5.32 Å². The fourth-order valence-electron chi connectivity index (χ4n) is 1.97. The van der Waals surface area contributed by atoms with Gasteiger partial charge in [0.1, 0.15) is 6.04 Å². The molecule has 114 valence electrons. The lowest BCUT2D eigenvalue weighted by atomic mass is 10.1. The van der Waals surface area contributed by atoms with Crippen molar-refractivity contribution in [2.24, 2.45) is 0 Å². The zero-order chi connectivity index (χ0) is 16.1. The van der Waals surface area contributed by atoms with Gasteiger partial charge in [0.2, 0.25) is 0 Å². The fraction of sp³-hybridized carbons (Fsp3) is 0.125. The van der Waals surface area contributed by atoms with Crippen molar-refractivity contribution >= 4 is 11.9 Å². The summed E-state index contributed by atoms with van der Waals surface area (Å²) >= 11 is 0. The van der Waals surface area contributed by atoms with Crippen LogP contribution >= 0.6 is 0 Å². The summed E-state index contributed by atoms with van der Waals surface area (Å²) in [5.41, 5.74) is 0.175. The molecule has 2 rings (SSSR count). The van der Waals surface area contributed by atoms with Crippen molar-refractivity contribution < 1.29 is 23.5 Å². The Morgan fingerprint density at radius 1 is 1.05 bits per heavy atom. The van der Waals surface area contributed by atoms with Crippen molar-refractivity contribution in [3.63, 3.8) is 0 Å². The van der Waals surface area contributed by atoms with Crippen LogP contribution in [0.1, 0.15) is 15.9 Å². The summed E-state index contributed by atoms with van der Waals surface area (Å²) in [5.74, 6) is -4.69. The van der Waals surface area contributed by atoms with E-state index in [1.165, 1.54) is 6.07 Å². The van der Waals surface area contributed by atoms with E-state index in [1.54, 1.807) is 30.3 Å². The number of carboxylic acids is 1. The maximum absolute atomic E-state index is 13.5. The summed E-state index contributed by atoms with van der Waals surface area (Å²) in [5, 5.41) is 11.4. The molecule has 2 aromatic rings. The highest BCUT2D eigenvalue weighted by molar-refractivity contribution is 5.96. The van der Waals surface area contributed by atoms with Crippen LogP contribution in [0.5, 0.6) is 0 Å². The number of carbonyl (C=O) groups excluding carboxylic acids is 1. The van der Waals surface area contributed by atoms with Gasteiger partial charge in [0, 0.05) is 6.42 Å². The monoisotopic (exact) mass is 305 g/mol. The highest BCUT2D eigenvalue weighted by Gasteiger charge is 2.23. The summed E-state index contributed by atoms with van der Waals surface area (Å²) < 4.78 is 26.7. The lowest BCUT2D eigenvalue weighted by Crippen LogP contribution is -2.42. The van der Waals surface area contributed by atoms with Gasteiger partial charge in [0.05, 0.1) is 5.56 Å². The average molecular weight is 305 g/mol. The van der Waals surface area contributed by atoms with E-state index in [0.717, 1.165) is 12.1 Å². The van der Waals surface area contributed by atoms with Crippen molar-refractivity contribution in [2.45, 2.75) is 12.5 Å². The van der Waals surface area contributed by atoms with E-state index in [9.17, 15) is 23.5 Å². The summed E-state index contributed by atoms with van der Waals surface area (Å²) in [4.78, 5) is 23.2. The number of rotatable bonds is 5. The molecule has 0 radical (unpaired) electrons. The van der Waals surface area contributed by atoms with Gasteiger partial charge in [-0.25, -0.2) is 13.6 Å². The van der Waals surface area contributed by atoms with Crippen LogP contribution in [-0.4, -0.2) is 23.0 Å². The van der Waals surface area contributed by atoms with Crippen molar-refractivity contribution in [3.05, 3.63) is 71.3 Å². The van der Waals surface area contributed by atoms with E-state index in [0.29, 0.717) is 5.56 Å². The molecule has 22 heavy (non-hydrogen) atoms. The minimum absolute atomic E-state index is 0.0405. The number of halogens is 2. The van der Waals surface area contributed by atoms with E-state index < -0.39 is 35.1 Å². The Bertz CT molecular complexity index is 689. The average Bonchev–Trinajstić information content (AvgIpc) is 2.50. The number of aliphatic carboxylic acids is 1. The largest absolute Gasteiger partial charge is 0.480 e. The van der Waals surface area contributed by atoms with Crippen LogP contribution in [0.3, 0.4) is 0 Å². The Hall–Kier alpha value is -2.76. The minimum atomic E-state index is -1.30. The first-order valence-corrected chi connectivity index (χ1v) is 6.50. The van der Waals surface area contributed by atoms with Crippen LogP contribution in [0, 0.1) is 11.6 Å². The number of hydrogen-bond donors (Lipinski definition) is 2. The number of carboxylic acid groups (broad SMARTS) is 1. The third-order valence-corrected chi connectivity index (χ3v) is 3.08. The third-order valence-electron chi connectivity index (χ3n) is 3.08. The molecule has 6 heteroatoms. The van der Waals surface area contributed by atoms with Gasteiger partial charge in [-0.2, -0.15) is 0 Å². The molecule has 0 bridgehead atoms. The molecule has 0 aliphatic heterocycles. The number of benzene rings is 2. The highest BCUT2D eigenvalue weighted by Crippen LogP contribution is 2.12. The van der Waals surface area contributed by atoms with E-state index >= 15 is 0 Å². The molecule has 0 spiro atoms. The zero-order valence-electron chi connectivity index (χ0n) is 11.4. The number of hydrogen-bond acceptors (Lipinski definition) is 2. The molecule has 2 aromatic carbocycles. The minimum Gasteiger partial charge on any atom is -0.480 e. The Morgan fingerprint density at radius 2 is 1.73 bits per heavy atom. The van der Waals surface area contributed by atoms with Crippen LogP contribution in [0.2, 0.25) is 0 Å². The molecule has 2 N–H and O–H groups in total. The van der Waals surface area contributed by atoms with Crippen molar-refractivity contribution in [2.75, 3.05) is 0 Å². The van der Waals surface area contributed by atoms with Gasteiger partial charge in [0.15, 0.2) is 11.6 Å². The lowest BCUT2D eigenvalue weighted by molar-refractivity contribution is -0.139. The van der Waals surface area contributed by atoms with Gasteiger partial charge >= 0.3 is 5.97 Å². The fourth-order valence-corrected chi connectivity index (χ4v) is 1.97. The van der Waals surface area contributed by atoms with Gasteiger partial charge in [0.25, 0.3) is 5.91 Å². The molecule has 0 aromatic heterocycles. The molecule has 0 fully saturated rings. The van der Waals surface area contributed by atoms with Crippen molar-refractivity contribution in [3.8, 4) is 0 Å². The smallest absolute Gasteiger partial charge is 0.326 e. The molecular weight excluding hydrogens is 292 g/mol. The Labute approximate surface area is 125 Å².